The van der Waals surface area contributed by atoms with Gasteiger partial charge in [-0.05, 0) is 44.2 Å². The van der Waals surface area contributed by atoms with Crippen LogP contribution in [0.5, 0.6) is 5.75 Å². The number of likely N-dealkylation sites (N-methyl/N-ethyl adjacent to an activating group) is 1. The zero-order chi connectivity index (χ0) is 16.7. The molecule has 2 rings (SSSR count). The zero-order valence-electron chi connectivity index (χ0n) is 14.3. The number of carbonyl (C=O) groups is 1. The van der Waals surface area contributed by atoms with Crippen molar-refractivity contribution in [1.82, 2.24) is 10.6 Å². The average Bonchev–Trinajstić information content (AvgIpc) is 2.60. The van der Waals surface area contributed by atoms with E-state index in [4.69, 9.17) is 4.74 Å². The SMILES string of the molecule is CNC(C)CNC(=O)C(C)Oc1ccc(-c2ccccc2)cc1.Cl. The monoisotopic (exact) mass is 348 g/mol. The first-order valence-electron chi connectivity index (χ1n) is 7.87. The van der Waals surface area contributed by atoms with Gasteiger partial charge in [0.2, 0.25) is 0 Å². The van der Waals surface area contributed by atoms with E-state index < -0.39 is 6.10 Å². The lowest BCUT2D eigenvalue weighted by Gasteiger charge is -2.17. The number of hydrogen-bond donors (Lipinski definition) is 2. The molecule has 2 aromatic carbocycles. The van der Waals surface area contributed by atoms with Gasteiger partial charge in [-0.15, -0.1) is 12.4 Å². The van der Waals surface area contributed by atoms with Crippen molar-refractivity contribution in [3.63, 3.8) is 0 Å². The molecule has 130 valence electrons. The molecular weight excluding hydrogens is 324 g/mol. The minimum atomic E-state index is -0.526. The summed E-state index contributed by atoms with van der Waals surface area (Å²) in [6, 6.07) is 18.2. The Morgan fingerprint density at radius 2 is 1.58 bits per heavy atom. The molecule has 5 heteroatoms. The fourth-order valence-electron chi connectivity index (χ4n) is 2.11. The Labute approximate surface area is 150 Å². The molecule has 0 aliphatic heterocycles. The number of hydrogen-bond acceptors (Lipinski definition) is 3. The van der Waals surface area contributed by atoms with Crippen LogP contribution in [0.15, 0.2) is 54.6 Å². The Morgan fingerprint density at radius 1 is 1.00 bits per heavy atom. The van der Waals surface area contributed by atoms with Gasteiger partial charge in [-0.2, -0.15) is 0 Å². The Morgan fingerprint density at radius 3 is 2.17 bits per heavy atom. The fraction of sp³-hybridized carbons (Fsp3) is 0.316. The molecule has 4 nitrogen and oxygen atoms in total. The Balaban J connectivity index is 0.00000288. The molecule has 0 aliphatic rings. The van der Waals surface area contributed by atoms with Gasteiger partial charge in [0.1, 0.15) is 5.75 Å². The van der Waals surface area contributed by atoms with Crippen LogP contribution >= 0.6 is 12.4 Å². The third-order valence-electron chi connectivity index (χ3n) is 3.72. The van der Waals surface area contributed by atoms with Crippen LogP contribution < -0.4 is 15.4 Å². The van der Waals surface area contributed by atoms with E-state index >= 15 is 0 Å². The van der Waals surface area contributed by atoms with E-state index in [2.05, 4.69) is 22.8 Å². The van der Waals surface area contributed by atoms with Crippen LogP contribution in [0.2, 0.25) is 0 Å². The Kier molecular flexibility index (Phi) is 8.30. The number of amides is 1. The largest absolute Gasteiger partial charge is 0.481 e. The third kappa shape index (κ3) is 5.87. The first kappa shape index (κ1) is 20.0. The van der Waals surface area contributed by atoms with Gasteiger partial charge in [0.15, 0.2) is 6.10 Å². The molecule has 24 heavy (non-hydrogen) atoms. The molecule has 1 amide bonds. The smallest absolute Gasteiger partial charge is 0.260 e. The van der Waals surface area contributed by atoms with Gasteiger partial charge in [0, 0.05) is 12.6 Å². The van der Waals surface area contributed by atoms with E-state index in [9.17, 15) is 4.79 Å². The molecule has 0 aromatic heterocycles. The van der Waals surface area contributed by atoms with E-state index in [1.165, 1.54) is 0 Å². The predicted octanol–water partition coefficient (Wildman–Crippen LogP) is 3.27. The quantitative estimate of drug-likeness (QED) is 0.807. The highest BCUT2D eigenvalue weighted by atomic mass is 35.5. The molecule has 0 saturated carbocycles. The summed E-state index contributed by atoms with van der Waals surface area (Å²) in [6.45, 7) is 4.34. The number of rotatable bonds is 7. The van der Waals surface area contributed by atoms with E-state index in [0.29, 0.717) is 12.3 Å². The van der Waals surface area contributed by atoms with Gasteiger partial charge in [-0.25, -0.2) is 0 Å². The standard InChI is InChI=1S/C19H24N2O2.ClH/c1-14(20-3)13-21-19(22)15(2)23-18-11-9-17(10-12-18)16-7-5-4-6-8-16;/h4-12,14-15,20H,13H2,1-3H3,(H,21,22);1H. The van der Waals surface area contributed by atoms with Crippen molar-refractivity contribution in [2.75, 3.05) is 13.6 Å². The Hall–Kier alpha value is -2.04. The molecule has 0 heterocycles. The van der Waals surface area contributed by atoms with Crippen LogP contribution in [0.25, 0.3) is 11.1 Å². The van der Waals surface area contributed by atoms with Crippen LogP contribution in [-0.4, -0.2) is 31.6 Å². The van der Waals surface area contributed by atoms with E-state index in [0.717, 1.165) is 11.1 Å². The van der Waals surface area contributed by atoms with Crippen LogP contribution in [-0.2, 0) is 4.79 Å². The second-order valence-electron chi connectivity index (χ2n) is 5.59. The third-order valence-corrected chi connectivity index (χ3v) is 3.72. The van der Waals surface area contributed by atoms with Crippen molar-refractivity contribution in [3.8, 4) is 16.9 Å². The van der Waals surface area contributed by atoms with E-state index in [1.54, 1.807) is 6.92 Å². The molecule has 0 aliphatic carbocycles. The average molecular weight is 349 g/mol. The van der Waals surface area contributed by atoms with E-state index in [-0.39, 0.29) is 24.4 Å². The number of carbonyl (C=O) groups excluding carboxylic acids is 1. The normalized spacial score (nSPS) is 12.6. The van der Waals surface area contributed by atoms with Crippen LogP contribution in [0.4, 0.5) is 0 Å². The molecule has 2 aromatic rings. The molecule has 2 N–H and O–H groups in total. The van der Waals surface area contributed by atoms with Crippen molar-refractivity contribution < 1.29 is 9.53 Å². The lowest BCUT2D eigenvalue weighted by atomic mass is 10.1. The van der Waals surface area contributed by atoms with Crippen molar-refractivity contribution in [2.45, 2.75) is 26.0 Å². The summed E-state index contributed by atoms with van der Waals surface area (Å²) in [4.78, 5) is 12.0. The minimum absolute atomic E-state index is 0. The molecule has 0 saturated heterocycles. The van der Waals surface area contributed by atoms with E-state index in [1.807, 2.05) is 56.4 Å². The molecular formula is C19H25ClN2O2. The zero-order valence-corrected chi connectivity index (χ0v) is 15.1. The molecule has 2 atom stereocenters. The molecule has 0 fully saturated rings. The van der Waals surface area contributed by atoms with Gasteiger partial charge >= 0.3 is 0 Å². The van der Waals surface area contributed by atoms with Crippen LogP contribution in [0, 0.1) is 0 Å². The van der Waals surface area contributed by atoms with Crippen LogP contribution in [0.3, 0.4) is 0 Å². The summed E-state index contributed by atoms with van der Waals surface area (Å²) in [7, 11) is 1.87. The van der Waals surface area contributed by atoms with Gasteiger partial charge < -0.3 is 15.4 Å². The molecule has 0 spiro atoms. The molecule has 2 unspecified atom stereocenters. The highest BCUT2D eigenvalue weighted by molar-refractivity contribution is 5.85. The first-order chi connectivity index (χ1) is 11.1. The Bertz CT molecular complexity index is 617. The predicted molar refractivity (Wildman–Crippen MR) is 101 cm³/mol. The summed E-state index contributed by atoms with van der Waals surface area (Å²) in [6.07, 6.45) is -0.526. The maximum atomic E-state index is 12.0. The summed E-state index contributed by atoms with van der Waals surface area (Å²) < 4.78 is 5.70. The number of ether oxygens (including phenoxy) is 1. The lowest BCUT2D eigenvalue weighted by molar-refractivity contribution is -0.127. The summed E-state index contributed by atoms with van der Waals surface area (Å²) in [5.74, 6) is 0.577. The van der Waals surface area contributed by atoms with Crippen LogP contribution in [0.1, 0.15) is 13.8 Å². The van der Waals surface area contributed by atoms with Crippen molar-refractivity contribution in [1.29, 1.82) is 0 Å². The maximum absolute atomic E-state index is 12.0. The van der Waals surface area contributed by atoms with Crippen molar-refractivity contribution in [2.24, 2.45) is 0 Å². The second kappa shape index (κ2) is 9.96. The van der Waals surface area contributed by atoms with Crippen molar-refractivity contribution in [3.05, 3.63) is 54.6 Å². The lowest BCUT2D eigenvalue weighted by Crippen LogP contribution is -2.42. The molecule has 0 radical (unpaired) electrons. The van der Waals surface area contributed by atoms with Gasteiger partial charge in [-0.3, -0.25) is 4.79 Å². The molecule has 0 bridgehead atoms. The maximum Gasteiger partial charge on any atom is 0.260 e. The highest BCUT2D eigenvalue weighted by Crippen LogP contribution is 2.22. The van der Waals surface area contributed by atoms with Gasteiger partial charge in [0.05, 0.1) is 0 Å². The summed E-state index contributed by atoms with van der Waals surface area (Å²) >= 11 is 0. The highest BCUT2D eigenvalue weighted by Gasteiger charge is 2.14. The first-order valence-corrected chi connectivity index (χ1v) is 7.87. The number of benzene rings is 2. The van der Waals surface area contributed by atoms with Crippen molar-refractivity contribution >= 4 is 18.3 Å². The second-order valence-corrected chi connectivity index (χ2v) is 5.59. The summed E-state index contributed by atoms with van der Waals surface area (Å²) in [5.41, 5.74) is 2.28. The number of nitrogens with one attached hydrogen (secondary N) is 2. The number of halogens is 1. The topological polar surface area (TPSA) is 50.4 Å². The van der Waals surface area contributed by atoms with Gasteiger partial charge in [0.25, 0.3) is 5.91 Å². The minimum Gasteiger partial charge on any atom is -0.481 e. The van der Waals surface area contributed by atoms with Gasteiger partial charge in [-0.1, -0.05) is 42.5 Å². The summed E-state index contributed by atoms with van der Waals surface area (Å²) in [5, 5.41) is 5.94. The fourth-order valence-corrected chi connectivity index (χ4v) is 2.11.